The molecule has 1 unspecified atom stereocenters. The Hall–Kier alpha value is -1.20. The van der Waals surface area contributed by atoms with Crippen LogP contribution in [0.2, 0.25) is 0 Å². The number of hydroxylamine groups is 2. The summed E-state index contributed by atoms with van der Waals surface area (Å²) in [5.74, 6) is -1.91. The van der Waals surface area contributed by atoms with E-state index in [1.165, 1.54) is 23.9 Å². The summed E-state index contributed by atoms with van der Waals surface area (Å²) in [5.41, 5.74) is -4.67. The molecule has 1 aliphatic rings. The number of halogens is 4. The van der Waals surface area contributed by atoms with Crippen molar-refractivity contribution in [3.8, 4) is 0 Å². The second-order valence-corrected chi connectivity index (χ2v) is 8.92. The highest BCUT2D eigenvalue weighted by Gasteiger charge is 2.39. The van der Waals surface area contributed by atoms with Crippen LogP contribution in [0, 0.1) is 0 Å². The first kappa shape index (κ1) is 30.0. The maximum atomic E-state index is 12.6. The minimum absolute atomic E-state index is 0.0105. The Morgan fingerprint density at radius 2 is 1.80 bits per heavy atom. The fourth-order valence-electron chi connectivity index (χ4n) is 3.09. The van der Waals surface area contributed by atoms with Crippen LogP contribution in [0.15, 0.2) is 35.2 Å². The number of amides is 2. The molecule has 2 aromatic carbocycles. The average molecular weight is 663 g/mol. The number of hydrogen-bond acceptors (Lipinski definition) is 9. The molecule has 0 saturated carbocycles. The molecule has 2 aromatic rings. The third-order valence-electron chi connectivity index (χ3n) is 4.79. The van der Waals surface area contributed by atoms with E-state index in [1.807, 2.05) is 28.1 Å². The molecule has 0 aliphatic carbocycles. The van der Waals surface area contributed by atoms with Gasteiger partial charge in [-0.05, 0) is 51.7 Å². The fourth-order valence-corrected chi connectivity index (χ4v) is 4.37. The number of carbonyl (C=O) groups excluding carboxylic acids is 3. The summed E-state index contributed by atoms with van der Waals surface area (Å²) in [6.45, 7) is 2.13. The summed E-state index contributed by atoms with van der Waals surface area (Å²) >= 11 is 2.26. The second-order valence-electron chi connectivity index (χ2n) is 7.00. The fraction of sp³-hybridized carbons (Fsp3) is 0.381. The van der Waals surface area contributed by atoms with Gasteiger partial charge in [-0.2, -0.15) is 17.5 Å². The van der Waals surface area contributed by atoms with E-state index in [0.29, 0.717) is 22.9 Å². The van der Waals surface area contributed by atoms with Crippen molar-refractivity contribution in [1.82, 2.24) is 5.06 Å². The van der Waals surface area contributed by atoms with Crippen LogP contribution in [0.5, 0.6) is 0 Å². The lowest BCUT2D eigenvalue weighted by Gasteiger charge is -2.25. The van der Waals surface area contributed by atoms with Gasteiger partial charge >= 0.3 is 11.5 Å². The van der Waals surface area contributed by atoms with Gasteiger partial charge in [0, 0.05) is 29.6 Å². The number of nitrogens with zero attached hydrogens (tertiary/aromatic N) is 1. The first-order valence-electron chi connectivity index (χ1n) is 9.97. The zero-order chi connectivity index (χ0) is 26.2. The molecule has 0 aromatic heterocycles. The third-order valence-corrected chi connectivity index (χ3v) is 6.28. The highest BCUT2D eigenvalue weighted by atomic mass is 127. The van der Waals surface area contributed by atoms with Gasteiger partial charge in [-0.3, -0.25) is 14.4 Å². The van der Waals surface area contributed by atoms with Crippen molar-refractivity contribution in [3.05, 3.63) is 41.5 Å². The molecule has 0 bridgehead atoms. The van der Waals surface area contributed by atoms with Crippen molar-refractivity contribution in [2.45, 2.75) is 36.3 Å². The van der Waals surface area contributed by atoms with E-state index in [0.717, 1.165) is 4.90 Å². The van der Waals surface area contributed by atoms with Gasteiger partial charge in [0.15, 0.2) is 0 Å². The summed E-state index contributed by atoms with van der Waals surface area (Å²) < 4.78 is 52.1. The van der Waals surface area contributed by atoms with Crippen molar-refractivity contribution in [3.63, 3.8) is 0 Å². The third kappa shape index (κ3) is 8.15. The maximum Gasteiger partial charge on any atom is 0.470 e. The number of thioether (sulfide) groups is 1. The summed E-state index contributed by atoms with van der Waals surface area (Å²) in [6.07, 6.45) is 0.737. The van der Waals surface area contributed by atoms with Gasteiger partial charge < -0.3 is 9.47 Å². The first-order chi connectivity index (χ1) is 16.6. The lowest BCUT2D eigenvalue weighted by atomic mass is 9.95. The van der Waals surface area contributed by atoms with Gasteiger partial charge in [0.2, 0.25) is 0 Å². The van der Waals surface area contributed by atoms with Crippen LogP contribution in [0.3, 0.4) is 0 Å². The minimum Gasteiger partial charge on any atom is -0.466 e. The van der Waals surface area contributed by atoms with E-state index < -0.39 is 29.4 Å². The number of benzene rings is 2. The molecular formula is C21H21F3INO6S3. The topological polar surface area (TPSA) is 82.1 Å². The molecule has 3 rings (SSSR count). The molecule has 1 atom stereocenters. The molecule has 35 heavy (non-hydrogen) atoms. The summed E-state index contributed by atoms with van der Waals surface area (Å²) in [7, 11) is 5.08. The molecule has 14 heteroatoms. The zero-order valence-electron chi connectivity index (χ0n) is 18.5. The molecule has 0 spiro atoms. The van der Waals surface area contributed by atoms with Crippen LogP contribution < -0.4 is 0 Å². The van der Waals surface area contributed by atoms with Gasteiger partial charge in [-0.1, -0.05) is 12.1 Å². The summed E-state index contributed by atoms with van der Waals surface area (Å²) in [5, 5.41) is 1.04. The Bertz CT molecular complexity index is 1050. The van der Waals surface area contributed by atoms with E-state index in [-0.39, 0.29) is 41.3 Å². The van der Waals surface area contributed by atoms with Crippen molar-refractivity contribution in [2.75, 3.05) is 19.5 Å². The summed E-state index contributed by atoms with van der Waals surface area (Å²) in [6, 6.07) is 7.75. The molecule has 1 aliphatic heterocycles. The van der Waals surface area contributed by atoms with Gasteiger partial charge in [0.25, 0.3) is 11.8 Å². The highest BCUT2D eigenvalue weighted by molar-refractivity contribution is 14.2. The predicted octanol–water partition coefficient (Wildman–Crippen LogP) is 6.25. The number of methoxy groups -OCH3 is 1. The number of alkyl halides is 3. The molecule has 0 saturated heterocycles. The number of hydrogen-bond donors (Lipinski definition) is 1. The molecule has 0 N–H and O–H groups in total. The van der Waals surface area contributed by atoms with E-state index in [4.69, 9.17) is 9.47 Å². The lowest BCUT2D eigenvalue weighted by Crippen LogP contribution is -2.39. The summed E-state index contributed by atoms with van der Waals surface area (Å²) in [4.78, 5) is 37.9. The van der Waals surface area contributed by atoms with E-state index in [2.05, 4.69) is 14.1 Å². The first-order valence-corrected chi connectivity index (χ1v) is 14.9. The number of esters is 1. The number of rotatable bonds is 10. The van der Waals surface area contributed by atoms with Gasteiger partial charge in [0.05, 0.1) is 30.3 Å². The predicted molar refractivity (Wildman–Crippen MR) is 140 cm³/mol. The molecule has 0 fully saturated rings. The normalized spacial score (nSPS) is 14.0. The van der Waals surface area contributed by atoms with Crippen LogP contribution in [0.4, 0.5) is 13.2 Å². The van der Waals surface area contributed by atoms with E-state index in [9.17, 15) is 27.6 Å². The standard InChI is InChI=1S/C21H20F3NO6S2.HIS/c1-12(29-2)8-10-30-17(26)9-11-32-16-7-6-15-18-13(16)4-3-5-14(18)19(27)25(20(15)28)31-33-21(22,23)24;1-2/h3-7,12H,8-11H2,1-2H3;2H. The monoisotopic (exact) mass is 663 g/mol. The Kier molecular flexibility index (Phi) is 11.9. The molecule has 7 nitrogen and oxygen atoms in total. The highest BCUT2D eigenvalue weighted by Crippen LogP contribution is 2.38. The lowest BCUT2D eigenvalue weighted by molar-refractivity contribution is -0.143. The van der Waals surface area contributed by atoms with Gasteiger partial charge in [0.1, 0.15) is 12.0 Å². The van der Waals surface area contributed by atoms with Crippen molar-refractivity contribution < 1.29 is 41.3 Å². The van der Waals surface area contributed by atoms with Crippen LogP contribution in [0.1, 0.15) is 40.5 Å². The largest absolute Gasteiger partial charge is 0.470 e. The SMILES string of the molecule is COC(C)CCOC(=O)CCSc1ccc2c3c(cccc13)C(=O)N(OSC(F)(F)F)C2=O.SI. The number of carbonyl (C=O) groups is 3. The number of thiol groups is 1. The van der Waals surface area contributed by atoms with E-state index in [1.54, 1.807) is 25.3 Å². The Morgan fingerprint density at radius 1 is 1.14 bits per heavy atom. The van der Waals surface area contributed by atoms with E-state index >= 15 is 0 Å². The van der Waals surface area contributed by atoms with Crippen molar-refractivity contribution in [2.24, 2.45) is 0 Å². The number of ether oxygens (including phenoxy) is 2. The maximum absolute atomic E-state index is 12.6. The van der Waals surface area contributed by atoms with Gasteiger partial charge in [-0.25, -0.2) is 0 Å². The van der Waals surface area contributed by atoms with Crippen molar-refractivity contribution >= 4 is 83.4 Å². The quantitative estimate of drug-likeness (QED) is 0.0799. The molecule has 2 amide bonds. The Balaban J connectivity index is 0.00000210. The van der Waals surface area contributed by atoms with Crippen LogP contribution in [0.25, 0.3) is 10.8 Å². The molecule has 0 radical (unpaired) electrons. The van der Waals surface area contributed by atoms with Crippen LogP contribution in [-0.4, -0.2) is 53.9 Å². The van der Waals surface area contributed by atoms with Gasteiger partial charge in [-0.15, -0.1) is 26.6 Å². The molecule has 1 heterocycles. The van der Waals surface area contributed by atoms with Crippen LogP contribution >= 0.6 is 54.8 Å². The molecule has 192 valence electrons. The second kappa shape index (κ2) is 13.9. The Labute approximate surface area is 225 Å². The minimum atomic E-state index is -4.78. The van der Waals surface area contributed by atoms with Crippen LogP contribution in [-0.2, 0) is 18.6 Å². The zero-order valence-corrected chi connectivity index (χ0v) is 23.1. The smallest absolute Gasteiger partial charge is 0.466 e. The van der Waals surface area contributed by atoms with Crippen molar-refractivity contribution in [1.29, 1.82) is 0 Å². The Morgan fingerprint density at radius 3 is 2.43 bits per heavy atom. The molecular weight excluding hydrogens is 642 g/mol. The average Bonchev–Trinajstić information content (AvgIpc) is 2.83. The number of imide groups is 1.